The van der Waals surface area contributed by atoms with Gasteiger partial charge in [0.2, 0.25) is 5.91 Å². The number of ether oxygens (including phenoxy) is 1. The average Bonchev–Trinajstić information content (AvgIpc) is 2.55. The maximum atomic E-state index is 12.4. The molecule has 1 amide bonds. The third kappa shape index (κ3) is 4.18. The molecule has 1 aliphatic rings. The molecule has 9 heteroatoms. The van der Waals surface area contributed by atoms with Crippen molar-refractivity contribution in [2.24, 2.45) is 5.92 Å². The van der Waals surface area contributed by atoms with E-state index in [1.54, 1.807) is 18.2 Å². The lowest BCUT2D eigenvalue weighted by Gasteiger charge is -2.32. The van der Waals surface area contributed by atoms with Crippen LogP contribution in [0, 0.1) is 5.92 Å². The molecule has 1 saturated heterocycles. The molecule has 0 bridgehead atoms. The minimum atomic E-state index is -3.43. The fourth-order valence-electron chi connectivity index (χ4n) is 2.59. The van der Waals surface area contributed by atoms with Crippen molar-refractivity contribution in [3.05, 3.63) is 23.2 Å². The molecule has 0 unspecified atom stereocenters. The molecular formula is C15H22ClN3O4S. The lowest BCUT2D eigenvalue weighted by Crippen LogP contribution is -2.46. The smallest absolute Gasteiger partial charge is 0.281 e. The molecule has 1 aromatic rings. The van der Waals surface area contributed by atoms with E-state index in [2.05, 4.69) is 5.32 Å². The summed E-state index contributed by atoms with van der Waals surface area (Å²) in [7, 11) is 1.09. The molecule has 134 valence electrons. The maximum Gasteiger partial charge on any atom is 0.281 e. The van der Waals surface area contributed by atoms with Gasteiger partial charge in [-0.2, -0.15) is 17.0 Å². The summed E-state index contributed by atoms with van der Waals surface area (Å²) in [4.78, 5) is 12.4. The molecule has 7 nitrogen and oxygen atoms in total. The highest BCUT2D eigenvalue weighted by atomic mass is 35.5. The fourth-order valence-corrected chi connectivity index (χ4v) is 3.90. The number of hydrogen-bond acceptors (Lipinski definition) is 4. The summed E-state index contributed by atoms with van der Waals surface area (Å²) in [6, 6.07) is 4.99. The van der Waals surface area contributed by atoms with E-state index in [0.717, 1.165) is 0 Å². The van der Waals surface area contributed by atoms with Gasteiger partial charge in [-0.15, -0.1) is 0 Å². The Labute approximate surface area is 147 Å². The molecule has 24 heavy (non-hydrogen) atoms. The summed E-state index contributed by atoms with van der Waals surface area (Å²) in [6.07, 6.45) is 0.948. The second kappa shape index (κ2) is 7.69. The van der Waals surface area contributed by atoms with Gasteiger partial charge in [0.25, 0.3) is 10.2 Å². The standard InChI is InChI=1S/C15H22ClN3O4S/c1-18(2)24(21,22)19-8-6-11(7-9-19)15(20)17-13-10-12(16)4-5-14(13)23-3/h4-5,10-11H,6-9H2,1-3H3,(H,17,20). The number of nitrogens with one attached hydrogen (secondary N) is 1. The maximum absolute atomic E-state index is 12.4. The van der Waals surface area contributed by atoms with Gasteiger partial charge >= 0.3 is 0 Å². The number of halogens is 1. The molecule has 0 saturated carbocycles. The zero-order chi connectivity index (χ0) is 17.9. The van der Waals surface area contributed by atoms with Gasteiger partial charge in [-0.25, -0.2) is 0 Å². The molecule has 0 aliphatic carbocycles. The van der Waals surface area contributed by atoms with E-state index in [-0.39, 0.29) is 11.8 Å². The Morgan fingerprint density at radius 3 is 2.50 bits per heavy atom. The van der Waals surface area contributed by atoms with Gasteiger partial charge in [-0.3, -0.25) is 4.79 Å². The average molecular weight is 376 g/mol. The number of piperidine rings is 1. The van der Waals surface area contributed by atoms with E-state index >= 15 is 0 Å². The Morgan fingerprint density at radius 2 is 1.96 bits per heavy atom. The fraction of sp³-hybridized carbons (Fsp3) is 0.533. The Balaban J connectivity index is 2.00. The second-order valence-corrected chi connectivity index (χ2v) is 8.38. The molecular weight excluding hydrogens is 354 g/mol. The normalized spacial score (nSPS) is 17.0. The Kier molecular flexibility index (Phi) is 6.08. The first-order chi connectivity index (χ1) is 11.3. The van der Waals surface area contributed by atoms with Crippen LogP contribution in [0.25, 0.3) is 0 Å². The number of anilines is 1. The van der Waals surface area contributed by atoms with E-state index in [1.165, 1.54) is 29.8 Å². The molecule has 0 atom stereocenters. The molecule has 0 spiro atoms. The van der Waals surface area contributed by atoms with Gasteiger partial charge in [0, 0.05) is 38.1 Å². The van der Waals surface area contributed by atoms with Crippen LogP contribution in [0.5, 0.6) is 5.75 Å². The van der Waals surface area contributed by atoms with Crippen molar-refractivity contribution in [2.45, 2.75) is 12.8 Å². The summed E-state index contributed by atoms with van der Waals surface area (Å²) in [5.41, 5.74) is 0.512. The lowest BCUT2D eigenvalue weighted by molar-refractivity contribution is -0.120. The Bertz CT molecular complexity index is 701. The summed E-state index contributed by atoms with van der Waals surface area (Å²) in [5, 5.41) is 3.32. The molecule has 1 aromatic carbocycles. The van der Waals surface area contributed by atoms with Crippen molar-refractivity contribution in [2.75, 3.05) is 39.6 Å². The number of nitrogens with zero attached hydrogens (tertiary/aromatic N) is 2. The van der Waals surface area contributed by atoms with Crippen LogP contribution in [-0.2, 0) is 15.0 Å². The minimum Gasteiger partial charge on any atom is -0.495 e. The van der Waals surface area contributed by atoms with Crippen LogP contribution < -0.4 is 10.1 Å². The number of carbonyl (C=O) groups is 1. The molecule has 2 rings (SSSR count). The van der Waals surface area contributed by atoms with E-state index in [0.29, 0.717) is 42.4 Å². The van der Waals surface area contributed by atoms with Crippen LogP contribution in [0.2, 0.25) is 5.02 Å². The predicted molar refractivity (Wildman–Crippen MR) is 93.5 cm³/mol. The highest BCUT2D eigenvalue weighted by Gasteiger charge is 2.32. The quantitative estimate of drug-likeness (QED) is 0.851. The highest BCUT2D eigenvalue weighted by molar-refractivity contribution is 7.86. The summed E-state index contributed by atoms with van der Waals surface area (Å²) in [5.74, 6) is 0.125. The van der Waals surface area contributed by atoms with E-state index in [4.69, 9.17) is 16.3 Å². The number of carbonyl (C=O) groups excluding carboxylic acids is 1. The third-order valence-corrected chi connectivity index (χ3v) is 6.21. The Hall–Kier alpha value is -1.35. The number of benzene rings is 1. The van der Waals surface area contributed by atoms with Crippen molar-refractivity contribution < 1.29 is 17.9 Å². The topological polar surface area (TPSA) is 79.0 Å². The monoisotopic (exact) mass is 375 g/mol. The second-order valence-electron chi connectivity index (χ2n) is 5.80. The van der Waals surface area contributed by atoms with Crippen LogP contribution in [-0.4, -0.2) is 57.2 Å². The number of rotatable bonds is 5. The van der Waals surface area contributed by atoms with Crippen LogP contribution in [0.15, 0.2) is 18.2 Å². The van der Waals surface area contributed by atoms with Crippen LogP contribution in [0.1, 0.15) is 12.8 Å². The summed E-state index contributed by atoms with van der Waals surface area (Å²) < 4.78 is 32.0. The lowest BCUT2D eigenvalue weighted by atomic mass is 9.97. The molecule has 1 aliphatic heterocycles. The van der Waals surface area contributed by atoms with Gasteiger partial charge in [0.05, 0.1) is 12.8 Å². The largest absolute Gasteiger partial charge is 0.495 e. The zero-order valence-electron chi connectivity index (χ0n) is 14.0. The molecule has 1 heterocycles. The van der Waals surface area contributed by atoms with Gasteiger partial charge in [0.1, 0.15) is 5.75 Å². The summed E-state index contributed by atoms with van der Waals surface area (Å²) in [6.45, 7) is 0.649. The molecule has 0 aromatic heterocycles. The Morgan fingerprint density at radius 1 is 1.33 bits per heavy atom. The number of hydrogen-bond donors (Lipinski definition) is 1. The third-order valence-electron chi connectivity index (χ3n) is 4.03. The van der Waals surface area contributed by atoms with Crippen LogP contribution >= 0.6 is 11.6 Å². The van der Waals surface area contributed by atoms with E-state index < -0.39 is 10.2 Å². The molecule has 1 N–H and O–H groups in total. The number of methoxy groups -OCH3 is 1. The van der Waals surface area contributed by atoms with Gasteiger partial charge in [-0.05, 0) is 31.0 Å². The van der Waals surface area contributed by atoms with E-state index in [1.807, 2.05) is 0 Å². The summed E-state index contributed by atoms with van der Waals surface area (Å²) >= 11 is 5.96. The van der Waals surface area contributed by atoms with Gasteiger partial charge in [0.15, 0.2) is 0 Å². The first-order valence-electron chi connectivity index (χ1n) is 7.57. The molecule has 1 fully saturated rings. The van der Waals surface area contributed by atoms with Crippen molar-refractivity contribution in [3.63, 3.8) is 0 Å². The minimum absolute atomic E-state index is 0.155. The van der Waals surface area contributed by atoms with Crippen LogP contribution in [0.4, 0.5) is 5.69 Å². The van der Waals surface area contributed by atoms with Crippen LogP contribution in [0.3, 0.4) is 0 Å². The predicted octanol–water partition coefficient (Wildman–Crippen LogP) is 1.81. The van der Waals surface area contributed by atoms with E-state index in [9.17, 15) is 13.2 Å². The van der Waals surface area contributed by atoms with Crippen molar-refractivity contribution >= 4 is 33.4 Å². The zero-order valence-corrected chi connectivity index (χ0v) is 15.5. The SMILES string of the molecule is COc1ccc(Cl)cc1NC(=O)C1CCN(S(=O)(=O)N(C)C)CC1. The van der Waals surface area contributed by atoms with Crippen molar-refractivity contribution in [1.82, 2.24) is 8.61 Å². The molecule has 0 radical (unpaired) electrons. The number of amides is 1. The van der Waals surface area contributed by atoms with Crippen molar-refractivity contribution in [1.29, 1.82) is 0 Å². The first-order valence-corrected chi connectivity index (χ1v) is 9.35. The highest BCUT2D eigenvalue weighted by Crippen LogP contribution is 2.29. The van der Waals surface area contributed by atoms with Crippen molar-refractivity contribution in [3.8, 4) is 5.75 Å². The van der Waals surface area contributed by atoms with Gasteiger partial charge < -0.3 is 10.1 Å². The first kappa shape index (κ1) is 19.0. The van der Waals surface area contributed by atoms with Gasteiger partial charge in [-0.1, -0.05) is 11.6 Å².